The largest absolute Gasteiger partial charge is 0.353 e. The number of fused-ring (bicyclic) bond motifs is 3. The monoisotopic (exact) mass is 366 g/mol. The molecule has 4 rings (SSSR count). The summed E-state index contributed by atoms with van der Waals surface area (Å²) in [4.78, 5) is 12.5. The van der Waals surface area contributed by atoms with E-state index in [1.165, 1.54) is 16.3 Å². The van der Waals surface area contributed by atoms with Crippen LogP contribution in [0.2, 0.25) is 0 Å². The summed E-state index contributed by atoms with van der Waals surface area (Å²) < 4.78 is 5.42. The average molecular weight is 366 g/mol. The normalized spacial score (nSPS) is 12.9. The van der Waals surface area contributed by atoms with Gasteiger partial charge in [-0.3, -0.25) is 0 Å². The van der Waals surface area contributed by atoms with Crippen LogP contribution in [-0.2, 0) is 6.42 Å². The molecule has 1 unspecified atom stereocenters. The number of aromatic nitrogens is 4. The molecule has 0 aliphatic carbocycles. The summed E-state index contributed by atoms with van der Waals surface area (Å²) in [5, 5.41) is 6.87. The highest BCUT2D eigenvalue weighted by Crippen LogP contribution is 2.36. The van der Waals surface area contributed by atoms with E-state index >= 15 is 0 Å². The van der Waals surface area contributed by atoms with E-state index in [1.807, 2.05) is 24.9 Å². The van der Waals surface area contributed by atoms with E-state index in [-0.39, 0.29) is 0 Å². The molecule has 0 radical (unpaired) electrons. The van der Waals surface area contributed by atoms with E-state index in [9.17, 15) is 0 Å². The van der Waals surface area contributed by atoms with Gasteiger partial charge in [0, 0.05) is 28.0 Å². The number of benzene rings is 1. The Kier molecular flexibility index (Phi) is 4.44. The third-order valence-corrected chi connectivity index (χ3v) is 5.88. The second kappa shape index (κ2) is 6.76. The highest BCUT2D eigenvalue weighted by molar-refractivity contribution is 7.99. The van der Waals surface area contributed by atoms with Crippen molar-refractivity contribution in [1.29, 1.82) is 0 Å². The van der Waals surface area contributed by atoms with E-state index in [0.717, 1.165) is 34.5 Å². The topological polar surface area (TPSA) is 67.6 Å². The molecule has 1 atom stereocenters. The van der Waals surface area contributed by atoms with E-state index in [1.54, 1.807) is 0 Å². The summed E-state index contributed by atoms with van der Waals surface area (Å²) in [5.41, 5.74) is 5.32. The van der Waals surface area contributed by atoms with Crippen LogP contribution in [0.3, 0.4) is 0 Å². The molecular weight excluding hydrogens is 344 g/mol. The standard InChI is InChI=1S/C20H22N4OS/c1-5-17-23-20(25-24-17)19-11(3)18-14-9-13(12(4)26-6-2)7-8-15(14)22-16(18)10-21-19/h7-10,12,22H,5-6H2,1-4H3. The quantitative estimate of drug-likeness (QED) is 0.508. The van der Waals surface area contributed by atoms with E-state index < -0.39 is 0 Å². The number of nitrogens with one attached hydrogen (secondary N) is 1. The van der Waals surface area contributed by atoms with Crippen LogP contribution in [0.15, 0.2) is 28.9 Å². The number of hydrogen-bond donors (Lipinski definition) is 1. The summed E-state index contributed by atoms with van der Waals surface area (Å²) in [6.45, 7) is 8.54. The Balaban J connectivity index is 1.91. The van der Waals surface area contributed by atoms with Crippen LogP contribution in [0.5, 0.6) is 0 Å². The Labute approximate surface area is 156 Å². The number of pyridine rings is 1. The molecule has 0 amide bonds. The number of H-pyrrole nitrogens is 1. The average Bonchev–Trinajstić information content (AvgIpc) is 3.26. The second-order valence-corrected chi connectivity index (χ2v) is 8.04. The first-order valence-corrected chi connectivity index (χ1v) is 10.0. The predicted octanol–water partition coefficient (Wildman–Crippen LogP) is 5.45. The summed E-state index contributed by atoms with van der Waals surface area (Å²) in [5.74, 6) is 2.30. The van der Waals surface area contributed by atoms with Crippen molar-refractivity contribution < 1.29 is 4.52 Å². The molecule has 3 aromatic heterocycles. The summed E-state index contributed by atoms with van der Waals surface area (Å²) >= 11 is 1.95. The zero-order valence-electron chi connectivity index (χ0n) is 15.5. The lowest BCUT2D eigenvalue weighted by atomic mass is 10.0. The predicted molar refractivity (Wildman–Crippen MR) is 108 cm³/mol. The smallest absolute Gasteiger partial charge is 0.276 e. The third-order valence-electron chi connectivity index (χ3n) is 4.78. The Morgan fingerprint density at radius 2 is 2.08 bits per heavy atom. The number of nitrogens with zero attached hydrogens (tertiary/aromatic N) is 3. The van der Waals surface area contributed by atoms with Crippen LogP contribution < -0.4 is 0 Å². The Hall–Kier alpha value is -2.34. The minimum atomic E-state index is 0.471. The van der Waals surface area contributed by atoms with Gasteiger partial charge in [-0.1, -0.05) is 25.1 Å². The maximum absolute atomic E-state index is 5.42. The summed E-state index contributed by atoms with van der Waals surface area (Å²) in [6, 6.07) is 6.67. The number of hydrogen-bond acceptors (Lipinski definition) is 5. The van der Waals surface area contributed by atoms with Gasteiger partial charge in [-0.15, -0.1) is 0 Å². The minimum Gasteiger partial charge on any atom is -0.353 e. The van der Waals surface area contributed by atoms with Gasteiger partial charge in [0.1, 0.15) is 5.69 Å². The van der Waals surface area contributed by atoms with Gasteiger partial charge in [0.05, 0.1) is 11.7 Å². The van der Waals surface area contributed by atoms with E-state index in [0.29, 0.717) is 17.0 Å². The Morgan fingerprint density at radius 3 is 2.81 bits per heavy atom. The highest BCUT2D eigenvalue weighted by Gasteiger charge is 2.17. The molecule has 0 saturated carbocycles. The molecule has 0 spiro atoms. The fraction of sp³-hybridized carbons (Fsp3) is 0.350. The van der Waals surface area contributed by atoms with Gasteiger partial charge >= 0.3 is 0 Å². The lowest BCUT2D eigenvalue weighted by molar-refractivity contribution is 0.422. The number of aryl methyl sites for hydroxylation is 2. The third kappa shape index (κ3) is 2.78. The van der Waals surface area contributed by atoms with Crippen molar-refractivity contribution in [1.82, 2.24) is 20.1 Å². The SMILES string of the molecule is CCSC(C)c1ccc2[nH]c3cnc(-c4nc(CC)no4)c(C)c3c2c1. The number of rotatable bonds is 5. The first-order chi connectivity index (χ1) is 12.6. The first-order valence-electron chi connectivity index (χ1n) is 8.97. The fourth-order valence-corrected chi connectivity index (χ4v) is 4.22. The molecule has 6 heteroatoms. The molecule has 0 fully saturated rings. The summed E-state index contributed by atoms with van der Waals surface area (Å²) in [6.07, 6.45) is 2.60. The molecule has 0 aliphatic heterocycles. The van der Waals surface area contributed by atoms with Crippen molar-refractivity contribution in [3.05, 3.63) is 41.3 Å². The highest BCUT2D eigenvalue weighted by atomic mass is 32.2. The lowest BCUT2D eigenvalue weighted by Gasteiger charge is -2.10. The van der Waals surface area contributed by atoms with Gasteiger partial charge in [-0.05, 0) is 42.9 Å². The van der Waals surface area contributed by atoms with Crippen LogP contribution in [0, 0.1) is 6.92 Å². The van der Waals surface area contributed by atoms with Gasteiger partial charge in [0.25, 0.3) is 5.89 Å². The first kappa shape index (κ1) is 17.1. The van der Waals surface area contributed by atoms with Crippen molar-refractivity contribution >= 4 is 33.6 Å². The molecule has 1 N–H and O–H groups in total. The van der Waals surface area contributed by atoms with E-state index in [2.05, 4.69) is 59.1 Å². The molecule has 1 aromatic carbocycles. The zero-order valence-corrected chi connectivity index (χ0v) is 16.3. The van der Waals surface area contributed by atoms with Crippen molar-refractivity contribution in [3.8, 4) is 11.6 Å². The van der Waals surface area contributed by atoms with Gasteiger partial charge < -0.3 is 9.51 Å². The molecule has 0 bridgehead atoms. The molecule has 26 heavy (non-hydrogen) atoms. The molecule has 0 aliphatic rings. The zero-order chi connectivity index (χ0) is 18.3. The van der Waals surface area contributed by atoms with Crippen molar-refractivity contribution in [2.75, 3.05) is 5.75 Å². The molecular formula is C20H22N4OS. The molecule has 3 heterocycles. The maximum Gasteiger partial charge on any atom is 0.276 e. The van der Waals surface area contributed by atoms with Crippen LogP contribution in [-0.4, -0.2) is 25.9 Å². The number of aromatic amines is 1. The van der Waals surface area contributed by atoms with Gasteiger partial charge in [-0.25, -0.2) is 4.98 Å². The van der Waals surface area contributed by atoms with E-state index in [4.69, 9.17) is 4.52 Å². The lowest BCUT2D eigenvalue weighted by Crippen LogP contribution is -1.91. The second-order valence-electron chi connectivity index (χ2n) is 6.42. The van der Waals surface area contributed by atoms with Gasteiger partial charge in [-0.2, -0.15) is 16.7 Å². The Bertz CT molecular complexity index is 1080. The van der Waals surface area contributed by atoms with Crippen LogP contribution in [0.4, 0.5) is 0 Å². The number of thioether (sulfide) groups is 1. The minimum absolute atomic E-state index is 0.471. The molecule has 134 valence electrons. The van der Waals surface area contributed by atoms with Crippen molar-refractivity contribution in [2.24, 2.45) is 0 Å². The van der Waals surface area contributed by atoms with Crippen molar-refractivity contribution in [3.63, 3.8) is 0 Å². The van der Waals surface area contributed by atoms with Gasteiger partial charge in [0.2, 0.25) is 0 Å². The molecule has 0 saturated heterocycles. The van der Waals surface area contributed by atoms with Crippen LogP contribution in [0.25, 0.3) is 33.4 Å². The molecule has 4 aromatic rings. The Morgan fingerprint density at radius 1 is 1.23 bits per heavy atom. The maximum atomic E-state index is 5.42. The van der Waals surface area contributed by atoms with Crippen LogP contribution >= 0.6 is 11.8 Å². The fourth-order valence-electron chi connectivity index (χ4n) is 3.38. The van der Waals surface area contributed by atoms with Gasteiger partial charge in [0.15, 0.2) is 5.82 Å². The van der Waals surface area contributed by atoms with Crippen LogP contribution in [0.1, 0.15) is 43.0 Å². The summed E-state index contributed by atoms with van der Waals surface area (Å²) in [7, 11) is 0. The van der Waals surface area contributed by atoms with Crippen molar-refractivity contribution in [2.45, 2.75) is 39.4 Å². The molecule has 5 nitrogen and oxygen atoms in total.